The van der Waals surface area contributed by atoms with Gasteiger partial charge in [0.25, 0.3) is 11.8 Å². The molecule has 2 N–H and O–H groups in total. The number of amides is 2. The van der Waals surface area contributed by atoms with Crippen molar-refractivity contribution < 1.29 is 14.4 Å². The summed E-state index contributed by atoms with van der Waals surface area (Å²) in [6.45, 7) is 4.06. The van der Waals surface area contributed by atoms with E-state index in [2.05, 4.69) is 10.6 Å². The third kappa shape index (κ3) is 4.52. The van der Waals surface area contributed by atoms with Crippen LogP contribution in [-0.4, -0.2) is 24.1 Å². The summed E-state index contributed by atoms with van der Waals surface area (Å²) >= 11 is 0. The van der Waals surface area contributed by atoms with Crippen LogP contribution >= 0.6 is 0 Å². The first kappa shape index (κ1) is 17.4. The van der Waals surface area contributed by atoms with Crippen molar-refractivity contribution >= 4 is 23.3 Å². The van der Waals surface area contributed by atoms with Gasteiger partial charge in [0.2, 0.25) is 0 Å². The molecule has 5 nitrogen and oxygen atoms in total. The first-order chi connectivity index (χ1) is 11.5. The Morgan fingerprint density at radius 1 is 0.875 bits per heavy atom. The molecule has 0 aliphatic carbocycles. The minimum atomic E-state index is -0.310. The highest BCUT2D eigenvalue weighted by Crippen LogP contribution is 2.13. The van der Waals surface area contributed by atoms with Gasteiger partial charge in [-0.25, -0.2) is 0 Å². The van der Waals surface area contributed by atoms with E-state index >= 15 is 0 Å². The zero-order valence-electron chi connectivity index (χ0n) is 13.8. The van der Waals surface area contributed by atoms with Gasteiger partial charge in [0, 0.05) is 28.9 Å². The maximum atomic E-state index is 12.3. The number of carbonyl (C=O) groups excluding carboxylic acids is 3. The van der Waals surface area contributed by atoms with E-state index in [0.717, 1.165) is 6.42 Å². The maximum Gasteiger partial charge on any atom is 0.255 e. The molecule has 0 radical (unpaired) electrons. The lowest BCUT2D eigenvalue weighted by molar-refractivity contribution is 0.0952. The molecule has 2 aromatic carbocycles. The normalized spacial score (nSPS) is 10.1. The summed E-state index contributed by atoms with van der Waals surface area (Å²) in [7, 11) is 0. The van der Waals surface area contributed by atoms with Gasteiger partial charge in [0.15, 0.2) is 5.78 Å². The lowest BCUT2D eigenvalue weighted by Crippen LogP contribution is -2.24. The van der Waals surface area contributed by atoms with Crippen molar-refractivity contribution in [1.82, 2.24) is 5.32 Å². The predicted octanol–water partition coefficient (Wildman–Crippen LogP) is 3.28. The van der Waals surface area contributed by atoms with E-state index in [0.29, 0.717) is 28.9 Å². The van der Waals surface area contributed by atoms with E-state index < -0.39 is 0 Å². The van der Waals surface area contributed by atoms with Gasteiger partial charge in [-0.2, -0.15) is 0 Å². The zero-order valence-corrected chi connectivity index (χ0v) is 13.8. The summed E-state index contributed by atoms with van der Waals surface area (Å²) < 4.78 is 0. The molecular weight excluding hydrogens is 304 g/mol. The monoisotopic (exact) mass is 324 g/mol. The van der Waals surface area contributed by atoms with Crippen molar-refractivity contribution in [3.8, 4) is 0 Å². The van der Waals surface area contributed by atoms with Crippen molar-refractivity contribution in [2.24, 2.45) is 0 Å². The predicted molar refractivity (Wildman–Crippen MR) is 93.5 cm³/mol. The van der Waals surface area contributed by atoms with Crippen molar-refractivity contribution in [1.29, 1.82) is 0 Å². The molecular formula is C19H20N2O3. The number of carbonyl (C=O) groups is 3. The lowest BCUT2D eigenvalue weighted by atomic mass is 10.1. The summed E-state index contributed by atoms with van der Waals surface area (Å²) in [5.41, 5.74) is 2.02. The Kier molecular flexibility index (Phi) is 5.84. The highest BCUT2D eigenvalue weighted by molar-refractivity contribution is 6.06. The van der Waals surface area contributed by atoms with Crippen LogP contribution in [-0.2, 0) is 0 Å². The number of hydrogen-bond donors (Lipinski definition) is 2. The van der Waals surface area contributed by atoms with Crippen LogP contribution in [0, 0.1) is 0 Å². The molecule has 0 aliphatic heterocycles. The Bertz CT molecular complexity index is 751. The molecule has 0 atom stereocenters. The fourth-order valence-corrected chi connectivity index (χ4v) is 2.13. The van der Waals surface area contributed by atoms with Crippen LogP contribution in [0.25, 0.3) is 0 Å². The zero-order chi connectivity index (χ0) is 17.5. The molecule has 0 aliphatic rings. The van der Waals surface area contributed by atoms with Gasteiger partial charge >= 0.3 is 0 Å². The van der Waals surface area contributed by atoms with Gasteiger partial charge in [-0.1, -0.05) is 13.0 Å². The molecule has 0 fully saturated rings. The van der Waals surface area contributed by atoms with Crippen LogP contribution in [0.4, 0.5) is 5.69 Å². The smallest absolute Gasteiger partial charge is 0.255 e. The first-order valence-electron chi connectivity index (χ1n) is 7.82. The molecule has 0 saturated carbocycles. The van der Waals surface area contributed by atoms with Gasteiger partial charge in [-0.15, -0.1) is 0 Å². The van der Waals surface area contributed by atoms with Gasteiger partial charge in [0.1, 0.15) is 0 Å². The molecule has 2 amide bonds. The highest BCUT2D eigenvalue weighted by Gasteiger charge is 2.10. The van der Waals surface area contributed by atoms with Gasteiger partial charge in [0.05, 0.1) is 0 Å². The van der Waals surface area contributed by atoms with Crippen LogP contribution in [0.5, 0.6) is 0 Å². The fraction of sp³-hybridized carbons (Fsp3) is 0.211. The van der Waals surface area contributed by atoms with Gasteiger partial charge in [-0.3, -0.25) is 14.4 Å². The summed E-state index contributed by atoms with van der Waals surface area (Å²) in [6, 6.07) is 13.2. The van der Waals surface area contributed by atoms with Gasteiger partial charge < -0.3 is 10.6 Å². The summed E-state index contributed by atoms with van der Waals surface area (Å²) in [6.07, 6.45) is 0.849. The molecule has 0 saturated heterocycles. The Labute approximate surface area is 141 Å². The number of rotatable bonds is 6. The quantitative estimate of drug-likeness (QED) is 0.801. The average molecular weight is 324 g/mol. The molecule has 0 heterocycles. The molecule has 124 valence electrons. The second-order valence-electron chi connectivity index (χ2n) is 5.42. The number of Topliss-reactive ketones (excluding diaryl/α,β-unsaturated/α-hetero) is 1. The summed E-state index contributed by atoms with van der Waals surface area (Å²) in [5, 5.41) is 5.53. The Hall–Kier alpha value is -2.95. The van der Waals surface area contributed by atoms with Crippen LogP contribution in [0.15, 0.2) is 48.5 Å². The van der Waals surface area contributed by atoms with E-state index in [-0.39, 0.29) is 17.6 Å². The third-order valence-electron chi connectivity index (χ3n) is 3.47. The van der Waals surface area contributed by atoms with Crippen molar-refractivity contribution in [3.05, 3.63) is 65.2 Å². The van der Waals surface area contributed by atoms with E-state index in [1.165, 1.54) is 6.92 Å². The Morgan fingerprint density at radius 3 is 2.08 bits per heavy atom. The fourth-order valence-electron chi connectivity index (χ4n) is 2.13. The van der Waals surface area contributed by atoms with E-state index in [9.17, 15) is 14.4 Å². The average Bonchev–Trinajstić information content (AvgIpc) is 2.60. The van der Waals surface area contributed by atoms with E-state index in [1.807, 2.05) is 6.92 Å². The second-order valence-corrected chi connectivity index (χ2v) is 5.42. The maximum absolute atomic E-state index is 12.3. The molecule has 5 heteroatoms. The molecule has 2 rings (SSSR count). The number of benzene rings is 2. The third-order valence-corrected chi connectivity index (χ3v) is 3.47. The van der Waals surface area contributed by atoms with E-state index in [1.54, 1.807) is 48.5 Å². The molecule has 0 spiro atoms. The first-order valence-corrected chi connectivity index (χ1v) is 7.82. The summed E-state index contributed by atoms with van der Waals surface area (Å²) in [4.78, 5) is 35.5. The SMILES string of the molecule is CCCNC(=O)c1cccc(C(=O)Nc2ccc(C(C)=O)cc2)c1. The van der Waals surface area contributed by atoms with E-state index in [4.69, 9.17) is 0 Å². The molecule has 2 aromatic rings. The highest BCUT2D eigenvalue weighted by atomic mass is 16.2. The molecule has 24 heavy (non-hydrogen) atoms. The summed E-state index contributed by atoms with van der Waals surface area (Å²) in [5.74, 6) is -0.535. The van der Waals surface area contributed by atoms with Crippen LogP contribution in [0.3, 0.4) is 0 Å². The number of ketones is 1. The Balaban J connectivity index is 2.09. The number of nitrogens with one attached hydrogen (secondary N) is 2. The van der Waals surface area contributed by atoms with Crippen LogP contribution in [0.2, 0.25) is 0 Å². The van der Waals surface area contributed by atoms with Crippen molar-refractivity contribution in [2.45, 2.75) is 20.3 Å². The van der Waals surface area contributed by atoms with Crippen LogP contribution in [0.1, 0.15) is 51.3 Å². The largest absolute Gasteiger partial charge is 0.352 e. The molecule has 0 aromatic heterocycles. The number of anilines is 1. The molecule has 0 unspecified atom stereocenters. The minimum absolute atomic E-state index is 0.0290. The van der Waals surface area contributed by atoms with Crippen molar-refractivity contribution in [3.63, 3.8) is 0 Å². The standard InChI is InChI=1S/C19H20N2O3/c1-3-11-20-18(23)15-5-4-6-16(12-15)19(24)21-17-9-7-14(8-10-17)13(2)22/h4-10,12H,3,11H2,1-2H3,(H,20,23)(H,21,24). The van der Waals surface area contributed by atoms with Gasteiger partial charge in [-0.05, 0) is 55.8 Å². The minimum Gasteiger partial charge on any atom is -0.352 e. The number of hydrogen-bond acceptors (Lipinski definition) is 3. The second kappa shape index (κ2) is 8.06. The molecule has 0 bridgehead atoms. The Morgan fingerprint density at radius 2 is 1.50 bits per heavy atom. The lowest BCUT2D eigenvalue weighted by Gasteiger charge is -2.08. The topological polar surface area (TPSA) is 75.3 Å². The van der Waals surface area contributed by atoms with Crippen LogP contribution < -0.4 is 10.6 Å². The van der Waals surface area contributed by atoms with Crippen molar-refractivity contribution in [2.75, 3.05) is 11.9 Å².